The van der Waals surface area contributed by atoms with Crippen molar-refractivity contribution in [3.05, 3.63) is 0 Å². The van der Waals surface area contributed by atoms with E-state index in [4.69, 9.17) is 9.29 Å². The maximum atomic E-state index is 11.7. The molecule has 190 valence electrons. The molecule has 4 saturated carbocycles. The Hall–Kier alpha value is -0.700. The lowest BCUT2D eigenvalue weighted by molar-refractivity contribution is -0.206. The van der Waals surface area contributed by atoms with Crippen molar-refractivity contribution in [1.82, 2.24) is 0 Å². The van der Waals surface area contributed by atoms with E-state index in [0.29, 0.717) is 32.1 Å². The Balaban J connectivity index is 1.56. The van der Waals surface area contributed by atoms with Crippen LogP contribution < -0.4 is 0 Å². The van der Waals surface area contributed by atoms with E-state index in [0.717, 1.165) is 25.5 Å². The number of rotatable bonds is 6. The lowest BCUT2D eigenvalue weighted by atomic mass is 9.43. The van der Waals surface area contributed by atoms with Gasteiger partial charge in [-0.15, -0.1) is 0 Å². The van der Waals surface area contributed by atoms with Gasteiger partial charge in [-0.2, -0.15) is 8.42 Å². The number of hydrogen-bond donors (Lipinski definition) is 3. The zero-order chi connectivity index (χ0) is 24.3. The largest absolute Gasteiger partial charge is 0.481 e. The van der Waals surface area contributed by atoms with Crippen LogP contribution in [0.1, 0.15) is 78.6 Å². The molecule has 0 aromatic carbocycles. The fourth-order valence-corrected chi connectivity index (χ4v) is 9.67. The summed E-state index contributed by atoms with van der Waals surface area (Å²) in [4.78, 5) is 11.1. The summed E-state index contributed by atoms with van der Waals surface area (Å²) >= 11 is 0. The quantitative estimate of drug-likeness (QED) is 0.492. The fraction of sp³-hybridized carbons (Fsp3) is 0.960. The Kier molecular flexibility index (Phi) is 6.74. The SMILES string of the molecule is C[C@H](CCC(=O)O)[C@H]1CC[C@H]2[C@@H]3[C@H](O)C[C@@H]4C[C@H](OS(C)(=O)=O)CC[C@]4(C)[C@H]3C[C@H](O)[C@]12C. The van der Waals surface area contributed by atoms with Crippen LogP contribution in [0.3, 0.4) is 0 Å². The summed E-state index contributed by atoms with van der Waals surface area (Å²) in [6.45, 7) is 6.60. The van der Waals surface area contributed by atoms with Crippen molar-refractivity contribution >= 4 is 16.1 Å². The van der Waals surface area contributed by atoms with Gasteiger partial charge in [-0.25, -0.2) is 0 Å². The van der Waals surface area contributed by atoms with E-state index in [9.17, 15) is 23.4 Å². The molecular formula is C25H42O7S. The van der Waals surface area contributed by atoms with Gasteiger partial charge in [-0.05, 0) is 97.7 Å². The molecule has 0 spiro atoms. The van der Waals surface area contributed by atoms with E-state index in [1.807, 2.05) is 0 Å². The van der Waals surface area contributed by atoms with E-state index < -0.39 is 28.3 Å². The smallest absolute Gasteiger partial charge is 0.303 e. The molecule has 4 aliphatic carbocycles. The third-order valence-corrected chi connectivity index (χ3v) is 11.2. The Morgan fingerprint density at radius 2 is 1.79 bits per heavy atom. The highest BCUT2D eigenvalue weighted by Crippen LogP contribution is 2.68. The highest BCUT2D eigenvalue weighted by molar-refractivity contribution is 7.86. The van der Waals surface area contributed by atoms with Crippen LogP contribution >= 0.6 is 0 Å². The topological polar surface area (TPSA) is 121 Å². The Morgan fingerprint density at radius 3 is 2.42 bits per heavy atom. The number of aliphatic hydroxyl groups excluding tert-OH is 2. The van der Waals surface area contributed by atoms with Gasteiger partial charge in [-0.1, -0.05) is 20.8 Å². The Labute approximate surface area is 198 Å². The normalized spacial score (nSPS) is 48.4. The maximum absolute atomic E-state index is 11.7. The first-order chi connectivity index (χ1) is 15.3. The summed E-state index contributed by atoms with van der Waals surface area (Å²) in [7, 11) is -3.51. The average molecular weight is 487 g/mol. The molecule has 4 fully saturated rings. The molecule has 0 radical (unpaired) electrons. The summed E-state index contributed by atoms with van der Waals surface area (Å²) in [6, 6.07) is 0. The summed E-state index contributed by atoms with van der Waals surface area (Å²) in [5.41, 5.74) is -0.351. The number of aliphatic carboxylic acids is 1. The average Bonchev–Trinajstić information content (AvgIpc) is 3.05. The van der Waals surface area contributed by atoms with Gasteiger partial charge >= 0.3 is 5.97 Å². The number of carboxylic acids is 1. The zero-order valence-electron chi connectivity index (χ0n) is 20.4. The highest BCUT2D eigenvalue weighted by Gasteiger charge is 2.65. The molecule has 0 amide bonds. The first-order valence-electron chi connectivity index (χ1n) is 12.7. The van der Waals surface area contributed by atoms with Crippen LogP contribution in [0.25, 0.3) is 0 Å². The minimum atomic E-state index is -3.51. The second kappa shape index (κ2) is 8.75. The van der Waals surface area contributed by atoms with Crippen molar-refractivity contribution in [2.75, 3.05) is 6.26 Å². The number of carbonyl (C=O) groups is 1. The standard InChI is InChI=1S/C25H42O7S/c1-14(5-8-22(28)29)17-6-7-18-23-19(13-21(27)25(17,18)3)24(2)10-9-16(32-33(4,30)31)11-15(24)12-20(23)26/h14-21,23,26-27H,5-13H2,1-4H3,(H,28,29)/t14-,15+,16-,17-,18+,19+,20-,21+,23+,24+,25-/m1/s1. The van der Waals surface area contributed by atoms with Crippen LogP contribution in [0.4, 0.5) is 0 Å². The lowest BCUT2D eigenvalue weighted by Gasteiger charge is -2.63. The van der Waals surface area contributed by atoms with Crippen molar-refractivity contribution in [2.45, 2.75) is 96.9 Å². The predicted octanol–water partition coefficient (Wildman–Crippen LogP) is 3.43. The summed E-state index contributed by atoms with van der Waals surface area (Å²) in [6.07, 6.45) is 6.02. The van der Waals surface area contributed by atoms with E-state index in [2.05, 4.69) is 20.8 Å². The minimum Gasteiger partial charge on any atom is -0.481 e. The van der Waals surface area contributed by atoms with Gasteiger partial charge in [0.15, 0.2) is 0 Å². The van der Waals surface area contributed by atoms with Gasteiger partial charge in [0.25, 0.3) is 10.1 Å². The monoisotopic (exact) mass is 486 g/mol. The summed E-state index contributed by atoms with van der Waals surface area (Å²) in [5, 5.41) is 32.1. The summed E-state index contributed by atoms with van der Waals surface area (Å²) < 4.78 is 28.7. The molecule has 0 aromatic rings. The highest BCUT2D eigenvalue weighted by atomic mass is 32.2. The molecule has 8 heteroatoms. The predicted molar refractivity (Wildman–Crippen MR) is 124 cm³/mol. The molecule has 0 aromatic heterocycles. The van der Waals surface area contributed by atoms with E-state index >= 15 is 0 Å². The van der Waals surface area contributed by atoms with Crippen LogP contribution in [0, 0.1) is 46.3 Å². The minimum absolute atomic E-state index is 0.0451. The fourth-order valence-electron chi connectivity index (χ4n) is 9.00. The molecular weight excluding hydrogens is 444 g/mol. The molecule has 3 N–H and O–H groups in total. The molecule has 4 rings (SSSR count). The lowest BCUT2D eigenvalue weighted by Crippen LogP contribution is -2.62. The maximum Gasteiger partial charge on any atom is 0.303 e. The molecule has 0 heterocycles. The van der Waals surface area contributed by atoms with E-state index in [-0.39, 0.29) is 58.9 Å². The van der Waals surface area contributed by atoms with Gasteiger partial charge in [0.1, 0.15) is 0 Å². The third-order valence-electron chi connectivity index (χ3n) is 10.6. The van der Waals surface area contributed by atoms with Crippen LogP contribution in [-0.2, 0) is 19.1 Å². The molecule has 33 heavy (non-hydrogen) atoms. The van der Waals surface area contributed by atoms with Crippen molar-refractivity contribution in [3.8, 4) is 0 Å². The Morgan fingerprint density at radius 1 is 1.09 bits per heavy atom. The molecule has 0 unspecified atom stereocenters. The number of hydrogen-bond acceptors (Lipinski definition) is 6. The van der Waals surface area contributed by atoms with Crippen LogP contribution in [0.2, 0.25) is 0 Å². The van der Waals surface area contributed by atoms with Crippen LogP contribution in [0.5, 0.6) is 0 Å². The zero-order valence-corrected chi connectivity index (χ0v) is 21.3. The molecule has 4 aliphatic rings. The summed E-state index contributed by atoms with van der Waals surface area (Å²) in [5.74, 6) is 0.432. The molecule has 7 nitrogen and oxygen atoms in total. The van der Waals surface area contributed by atoms with Gasteiger partial charge in [0.2, 0.25) is 0 Å². The van der Waals surface area contributed by atoms with Gasteiger partial charge in [0, 0.05) is 6.42 Å². The number of carboxylic acid groups (broad SMARTS) is 1. The van der Waals surface area contributed by atoms with Crippen molar-refractivity contribution < 1.29 is 32.7 Å². The van der Waals surface area contributed by atoms with Gasteiger partial charge in [-0.3, -0.25) is 8.98 Å². The van der Waals surface area contributed by atoms with Crippen molar-refractivity contribution in [3.63, 3.8) is 0 Å². The van der Waals surface area contributed by atoms with Crippen molar-refractivity contribution in [1.29, 1.82) is 0 Å². The molecule has 0 saturated heterocycles. The first kappa shape index (κ1) is 25.4. The van der Waals surface area contributed by atoms with Crippen molar-refractivity contribution in [2.24, 2.45) is 46.3 Å². The Bertz CT molecular complexity index is 859. The van der Waals surface area contributed by atoms with E-state index in [1.54, 1.807) is 0 Å². The number of aliphatic hydroxyl groups is 2. The van der Waals surface area contributed by atoms with Crippen LogP contribution in [-0.4, -0.2) is 54.3 Å². The molecule has 0 bridgehead atoms. The van der Waals surface area contributed by atoms with Gasteiger partial charge < -0.3 is 15.3 Å². The second-order valence-corrected chi connectivity index (χ2v) is 13.8. The molecule has 0 aliphatic heterocycles. The first-order valence-corrected chi connectivity index (χ1v) is 14.5. The molecule has 11 atom stereocenters. The third kappa shape index (κ3) is 4.38. The van der Waals surface area contributed by atoms with Gasteiger partial charge in [0.05, 0.1) is 24.6 Å². The number of fused-ring (bicyclic) bond motifs is 5. The van der Waals surface area contributed by atoms with E-state index in [1.165, 1.54) is 0 Å². The van der Waals surface area contributed by atoms with Crippen LogP contribution in [0.15, 0.2) is 0 Å². The second-order valence-electron chi connectivity index (χ2n) is 12.2.